The van der Waals surface area contributed by atoms with Crippen molar-refractivity contribution in [2.24, 2.45) is 0 Å². The van der Waals surface area contributed by atoms with Crippen LogP contribution in [0, 0.1) is 0 Å². The van der Waals surface area contributed by atoms with Crippen LogP contribution in [0.2, 0.25) is 0 Å². The van der Waals surface area contributed by atoms with Gasteiger partial charge < -0.3 is 9.79 Å². The number of rotatable bonds is 10. The lowest BCUT2D eigenvalue weighted by molar-refractivity contribution is 0.137. The van der Waals surface area contributed by atoms with Gasteiger partial charge in [0.15, 0.2) is 0 Å². The van der Waals surface area contributed by atoms with Crippen LogP contribution in [-0.4, -0.2) is 23.0 Å². The van der Waals surface area contributed by atoms with Gasteiger partial charge in [-0.15, -0.1) is 0 Å². The predicted molar refractivity (Wildman–Crippen MR) is 62.5 cm³/mol. The van der Waals surface area contributed by atoms with Gasteiger partial charge in [0.05, 0.1) is 13.2 Å². The molecule has 2 N–H and O–H groups in total. The minimum atomic E-state index is -4.90. The molecule has 0 spiro atoms. The third-order valence-corrected chi connectivity index (χ3v) is 4.35. The lowest BCUT2D eigenvalue weighted by Crippen LogP contribution is -2.01. The molecule has 0 aromatic heterocycles. The highest BCUT2D eigenvalue weighted by molar-refractivity contribution is 7.61. The van der Waals surface area contributed by atoms with Gasteiger partial charge in [-0.1, -0.05) is 26.7 Å². The smallest absolute Gasteiger partial charge is 0.302 e. The van der Waals surface area contributed by atoms with Crippen LogP contribution in [0.25, 0.3) is 0 Å². The summed E-state index contributed by atoms with van der Waals surface area (Å²) in [5.41, 5.74) is 0. The molecular formula is C8H20O7P2. The Morgan fingerprint density at radius 2 is 1.35 bits per heavy atom. The summed E-state index contributed by atoms with van der Waals surface area (Å²) >= 11 is 0. The van der Waals surface area contributed by atoms with Crippen molar-refractivity contribution in [3.63, 3.8) is 0 Å². The third kappa shape index (κ3) is 9.92. The largest absolute Gasteiger partial charge is 0.483 e. The molecule has 104 valence electrons. The van der Waals surface area contributed by atoms with E-state index < -0.39 is 15.6 Å². The van der Waals surface area contributed by atoms with Crippen LogP contribution in [0.3, 0.4) is 0 Å². The summed E-state index contributed by atoms with van der Waals surface area (Å²) in [6.07, 6.45) is 2.80. The first-order chi connectivity index (χ1) is 7.83. The first-order valence-electron chi connectivity index (χ1n) is 5.49. The van der Waals surface area contributed by atoms with Crippen molar-refractivity contribution in [1.82, 2.24) is 0 Å². The highest BCUT2D eigenvalue weighted by Gasteiger charge is 2.35. The highest BCUT2D eigenvalue weighted by Crippen LogP contribution is 2.61. The minimum absolute atomic E-state index is 0.0693. The monoisotopic (exact) mass is 290 g/mol. The van der Waals surface area contributed by atoms with Crippen molar-refractivity contribution in [2.75, 3.05) is 13.2 Å². The molecule has 0 aromatic carbocycles. The van der Waals surface area contributed by atoms with E-state index in [0.29, 0.717) is 12.8 Å². The Hall–Kier alpha value is 0.260. The van der Waals surface area contributed by atoms with Crippen LogP contribution in [0.15, 0.2) is 0 Å². The van der Waals surface area contributed by atoms with E-state index in [1.807, 2.05) is 13.8 Å². The van der Waals surface area contributed by atoms with Gasteiger partial charge in [0.1, 0.15) is 0 Å². The molecule has 17 heavy (non-hydrogen) atoms. The molecule has 7 nitrogen and oxygen atoms in total. The zero-order valence-corrected chi connectivity index (χ0v) is 11.9. The Bertz CT molecular complexity index is 274. The van der Waals surface area contributed by atoms with Crippen molar-refractivity contribution in [3.8, 4) is 0 Å². The fraction of sp³-hybridized carbons (Fsp3) is 1.00. The van der Waals surface area contributed by atoms with Crippen molar-refractivity contribution in [2.45, 2.75) is 39.5 Å². The fourth-order valence-electron chi connectivity index (χ4n) is 0.856. The van der Waals surface area contributed by atoms with Crippen molar-refractivity contribution >= 4 is 15.6 Å². The number of hydrogen-bond acceptors (Lipinski definition) is 5. The lowest BCUT2D eigenvalue weighted by atomic mass is 10.4. The Labute approximate surface area is 101 Å². The average molecular weight is 290 g/mol. The molecule has 0 fully saturated rings. The summed E-state index contributed by atoms with van der Waals surface area (Å²) in [7, 11) is -9.06. The first-order valence-corrected chi connectivity index (χ1v) is 8.48. The molecule has 0 saturated carbocycles. The highest BCUT2D eigenvalue weighted by atomic mass is 31.3. The molecule has 0 amide bonds. The fourth-order valence-corrected chi connectivity index (χ4v) is 3.06. The van der Waals surface area contributed by atoms with Gasteiger partial charge in [0.2, 0.25) is 0 Å². The Morgan fingerprint density at radius 1 is 0.941 bits per heavy atom. The molecule has 0 unspecified atom stereocenters. The standard InChI is InChI=1S/C8H20O7P2/c1-3-5-7-13-17(12,14-8-6-4-2)15-16(9,10)11/h3-8H2,1-2H3,(H2,9,10,11). The maximum Gasteiger partial charge on any atom is 0.483 e. The SMILES string of the molecule is CCCCOP(=O)(OCCCC)OP(=O)(O)O. The van der Waals surface area contributed by atoms with Gasteiger partial charge in [-0.05, 0) is 12.8 Å². The molecule has 0 aliphatic carbocycles. The molecule has 0 aliphatic rings. The van der Waals surface area contributed by atoms with E-state index in [9.17, 15) is 9.13 Å². The van der Waals surface area contributed by atoms with E-state index in [-0.39, 0.29) is 13.2 Å². The molecule has 0 aliphatic heterocycles. The van der Waals surface area contributed by atoms with Gasteiger partial charge >= 0.3 is 15.6 Å². The van der Waals surface area contributed by atoms with Gasteiger partial charge in [0, 0.05) is 0 Å². The van der Waals surface area contributed by atoms with E-state index in [4.69, 9.17) is 18.8 Å². The Kier molecular flexibility index (Phi) is 8.51. The second kappa shape index (κ2) is 8.38. The quantitative estimate of drug-likeness (QED) is 0.471. The molecule has 0 aromatic rings. The van der Waals surface area contributed by atoms with Gasteiger partial charge in [-0.25, -0.2) is 9.13 Å². The zero-order chi connectivity index (χ0) is 13.4. The van der Waals surface area contributed by atoms with E-state index in [1.165, 1.54) is 0 Å². The third-order valence-electron chi connectivity index (χ3n) is 1.70. The summed E-state index contributed by atoms with van der Waals surface area (Å²) < 4.78 is 36.2. The van der Waals surface area contributed by atoms with E-state index in [1.54, 1.807) is 0 Å². The summed E-state index contributed by atoms with van der Waals surface area (Å²) in [6.45, 7) is 3.94. The molecule has 0 radical (unpaired) electrons. The van der Waals surface area contributed by atoms with Gasteiger partial charge in [0.25, 0.3) is 0 Å². The summed E-state index contributed by atoms with van der Waals surface area (Å²) in [5.74, 6) is 0. The molecular weight excluding hydrogens is 270 g/mol. The van der Waals surface area contributed by atoms with E-state index in [2.05, 4.69) is 4.31 Å². The number of unbranched alkanes of at least 4 members (excludes halogenated alkanes) is 2. The van der Waals surface area contributed by atoms with Crippen LogP contribution >= 0.6 is 15.6 Å². The van der Waals surface area contributed by atoms with Crippen molar-refractivity contribution in [3.05, 3.63) is 0 Å². The number of phosphoric ester groups is 1. The minimum Gasteiger partial charge on any atom is -0.302 e. The predicted octanol–water partition coefficient (Wildman–Crippen LogP) is 2.84. The summed E-state index contributed by atoms with van der Waals surface area (Å²) in [5, 5.41) is 0. The lowest BCUT2D eigenvalue weighted by Gasteiger charge is -2.17. The molecule has 0 heterocycles. The summed E-state index contributed by atoms with van der Waals surface area (Å²) in [6, 6.07) is 0. The normalized spacial score (nSPS) is 12.9. The van der Waals surface area contributed by atoms with E-state index in [0.717, 1.165) is 12.8 Å². The second-order valence-corrected chi connectivity index (χ2v) is 6.44. The van der Waals surface area contributed by atoms with Crippen LogP contribution < -0.4 is 0 Å². The maximum absolute atomic E-state index is 11.8. The topological polar surface area (TPSA) is 102 Å². The van der Waals surface area contributed by atoms with Crippen LogP contribution in [0.4, 0.5) is 0 Å². The zero-order valence-electron chi connectivity index (χ0n) is 10.1. The number of hydrogen-bond donors (Lipinski definition) is 2. The Balaban J connectivity index is 4.35. The molecule has 0 rings (SSSR count). The average Bonchev–Trinajstić information content (AvgIpc) is 2.15. The molecule has 0 saturated heterocycles. The van der Waals surface area contributed by atoms with Gasteiger partial charge in [-0.2, -0.15) is 4.31 Å². The maximum atomic E-state index is 11.8. The second-order valence-electron chi connectivity index (χ2n) is 3.39. The first kappa shape index (κ1) is 17.3. The molecule has 0 bridgehead atoms. The van der Waals surface area contributed by atoms with Crippen LogP contribution in [-0.2, 0) is 22.5 Å². The van der Waals surface area contributed by atoms with E-state index >= 15 is 0 Å². The molecule has 0 atom stereocenters. The van der Waals surface area contributed by atoms with Gasteiger partial charge in [-0.3, -0.25) is 9.05 Å². The van der Waals surface area contributed by atoms with Crippen molar-refractivity contribution < 1.29 is 32.3 Å². The van der Waals surface area contributed by atoms with Crippen molar-refractivity contribution in [1.29, 1.82) is 0 Å². The van der Waals surface area contributed by atoms with Crippen LogP contribution in [0.1, 0.15) is 39.5 Å². The summed E-state index contributed by atoms with van der Waals surface area (Å²) in [4.78, 5) is 17.2. The Morgan fingerprint density at radius 3 is 1.65 bits per heavy atom. The number of phosphoric acid groups is 2. The molecule has 9 heteroatoms. The van der Waals surface area contributed by atoms with Crippen LogP contribution in [0.5, 0.6) is 0 Å².